The van der Waals surface area contributed by atoms with Crippen LogP contribution in [0.4, 0.5) is 0 Å². The third-order valence-corrected chi connectivity index (χ3v) is 2.03. The van der Waals surface area contributed by atoms with Crippen LogP contribution in [0.15, 0.2) is 0 Å². The Morgan fingerprint density at radius 1 is 1.78 bits per heavy atom. The molecular weight excluding hydrogens is 112 g/mol. The third-order valence-electron chi connectivity index (χ3n) is 2.03. The Morgan fingerprint density at radius 2 is 2.44 bits per heavy atom. The van der Waals surface area contributed by atoms with Crippen LogP contribution in [0.3, 0.4) is 0 Å². The van der Waals surface area contributed by atoms with E-state index >= 15 is 0 Å². The maximum Gasteiger partial charge on any atom is 0.0624 e. The molecule has 1 N–H and O–H groups in total. The van der Waals surface area contributed by atoms with Gasteiger partial charge >= 0.3 is 0 Å². The van der Waals surface area contributed by atoms with E-state index in [1.54, 1.807) is 0 Å². The van der Waals surface area contributed by atoms with Crippen molar-refractivity contribution in [3.05, 3.63) is 0 Å². The molecule has 0 amide bonds. The average Bonchev–Trinajstić information content (AvgIpc) is 1.60. The van der Waals surface area contributed by atoms with Gasteiger partial charge in [0.05, 0.1) is 6.07 Å². The van der Waals surface area contributed by atoms with Crippen LogP contribution in [0, 0.1) is 23.2 Å². The van der Waals surface area contributed by atoms with E-state index in [0.29, 0.717) is 12.3 Å². The zero-order valence-corrected chi connectivity index (χ0v) is 5.72. The Bertz CT molecular complexity index is 121. The van der Waals surface area contributed by atoms with Crippen molar-refractivity contribution >= 4 is 0 Å². The molecule has 1 fully saturated rings. The maximum absolute atomic E-state index is 8.33. The summed E-state index contributed by atoms with van der Waals surface area (Å²) in [4.78, 5) is 0. The number of hydrogen-bond acceptors (Lipinski definition) is 2. The van der Waals surface area contributed by atoms with Gasteiger partial charge < -0.3 is 5.32 Å². The normalized spacial score (nSPS) is 22.2. The molecular formula is C7H12N2. The summed E-state index contributed by atoms with van der Waals surface area (Å²) in [7, 11) is 0. The zero-order chi connectivity index (χ0) is 6.69. The minimum atomic E-state index is 0.594. The quantitative estimate of drug-likeness (QED) is 0.589. The Kier molecular flexibility index (Phi) is 2.07. The largest absolute Gasteiger partial charge is 0.316 e. The van der Waals surface area contributed by atoms with E-state index in [1.165, 1.54) is 0 Å². The number of nitrogens with zero attached hydrogens (tertiary/aromatic N) is 1. The van der Waals surface area contributed by atoms with E-state index in [9.17, 15) is 0 Å². The first kappa shape index (κ1) is 6.57. The standard InChI is InChI=1S/C7H12N2/c1-6(2-3-8)7-4-9-5-7/h6-7,9H,2,4-5H2,1H3. The lowest BCUT2D eigenvalue weighted by Crippen LogP contribution is -2.45. The monoisotopic (exact) mass is 124 g/mol. The van der Waals surface area contributed by atoms with E-state index in [1.807, 2.05) is 0 Å². The van der Waals surface area contributed by atoms with Gasteiger partial charge in [-0.1, -0.05) is 6.92 Å². The smallest absolute Gasteiger partial charge is 0.0624 e. The maximum atomic E-state index is 8.33. The van der Waals surface area contributed by atoms with Gasteiger partial charge in [-0.05, 0) is 24.9 Å². The second-order valence-electron chi connectivity index (χ2n) is 2.76. The fourth-order valence-electron chi connectivity index (χ4n) is 1.02. The summed E-state index contributed by atoms with van der Waals surface area (Å²) >= 11 is 0. The predicted octanol–water partition coefficient (Wildman–Crippen LogP) is 0.756. The highest BCUT2D eigenvalue weighted by Crippen LogP contribution is 2.17. The lowest BCUT2D eigenvalue weighted by atomic mass is 9.87. The molecule has 0 radical (unpaired) electrons. The van der Waals surface area contributed by atoms with Gasteiger partial charge in [0.25, 0.3) is 0 Å². The number of rotatable bonds is 2. The first-order valence-electron chi connectivity index (χ1n) is 3.42. The number of nitriles is 1. The number of hydrogen-bond donors (Lipinski definition) is 1. The molecule has 1 atom stereocenters. The summed E-state index contributed by atoms with van der Waals surface area (Å²) in [5.74, 6) is 1.36. The summed E-state index contributed by atoms with van der Waals surface area (Å²) in [5.41, 5.74) is 0. The molecule has 0 aromatic carbocycles. The van der Waals surface area contributed by atoms with Gasteiger partial charge in [0, 0.05) is 6.42 Å². The molecule has 1 unspecified atom stereocenters. The highest BCUT2D eigenvalue weighted by Gasteiger charge is 2.22. The van der Waals surface area contributed by atoms with Gasteiger partial charge in [-0.25, -0.2) is 0 Å². The minimum Gasteiger partial charge on any atom is -0.316 e. The van der Waals surface area contributed by atoms with E-state index in [0.717, 1.165) is 19.0 Å². The van der Waals surface area contributed by atoms with Crippen LogP contribution in [0.5, 0.6) is 0 Å². The molecule has 0 saturated carbocycles. The summed E-state index contributed by atoms with van der Waals surface area (Å²) in [6.07, 6.45) is 0.715. The van der Waals surface area contributed by atoms with Crippen LogP contribution in [-0.2, 0) is 0 Å². The summed E-state index contributed by atoms with van der Waals surface area (Å²) in [5, 5.41) is 11.5. The van der Waals surface area contributed by atoms with Crippen molar-refractivity contribution in [2.45, 2.75) is 13.3 Å². The molecule has 9 heavy (non-hydrogen) atoms. The fourth-order valence-corrected chi connectivity index (χ4v) is 1.02. The molecule has 0 spiro atoms. The van der Waals surface area contributed by atoms with E-state index < -0.39 is 0 Å². The van der Waals surface area contributed by atoms with Gasteiger partial charge in [0.15, 0.2) is 0 Å². The van der Waals surface area contributed by atoms with Crippen molar-refractivity contribution in [1.29, 1.82) is 5.26 Å². The highest BCUT2D eigenvalue weighted by atomic mass is 14.9. The zero-order valence-electron chi connectivity index (χ0n) is 5.72. The van der Waals surface area contributed by atoms with Gasteiger partial charge in [-0.15, -0.1) is 0 Å². The highest BCUT2D eigenvalue weighted by molar-refractivity contribution is 4.84. The molecule has 0 aromatic rings. The molecule has 1 saturated heterocycles. The lowest BCUT2D eigenvalue weighted by molar-refractivity contribution is 0.252. The topological polar surface area (TPSA) is 35.8 Å². The van der Waals surface area contributed by atoms with E-state index in [4.69, 9.17) is 5.26 Å². The first-order valence-corrected chi connectivity index (χ1v) is 3.42. The van der Waals surface area contributed by atoms with Crippen LogP contribution in [0.25, 0.3) is 0 Å². The Morgan fingerprint density at radius 3 is 2.78 bits per heavy atom. The molecule has 1 aliphatic heterocycles. The second kappa shape index (κ2) is 2.84. The van der Waals surface area contributed by atoms with Crippen molar-refractivity contribution in [2.75, 3.05) is 13.1 Å². The van der Waals surface area contributed by atoms with Gasteiger partial charge in [0.2, 0.25) is 0 Å². The molecule has 50 valence electrons. The third kappa shape index (κ3) is 1.43. The predicted molar refractivity (Wildman–Crippen MR) is 35.8 cm³/mol. The molecule has 0 aliphatic carbocycles. The first-order chi connectivity index (χ1) is 4.34. The van der Waals surface area contributed by atoms with Crippen molar-refractivity contribution in [3.8, 4) is 6.07 Å². The van der Waals surface area contributed by atoms with Crippen LogP contribution in [-0.4, -0.2) is 13.1 Å². The van der Waals surface area contributed by atoms with Gasteiger partial charge in [-0.3, -0.25) is 0 Å². The molecule has 2 nitrogen and oxygen atoms in total. The number of nitrogens with one attached hydrogen (secondary N) is 1. The van der Waals surface area contributed by atoms with Crippen LogP contribution >= 0.6 is 0 Å². The summed E-state index contributed by atoms with van der Waals surface area (Å²) < 4.78 is 0. The average molecular weight is 124 g/mol. The molecule has 1 aliphatic rings. The van der Waals surface area contributed by atoms with Crippen molar-refractivity contribution in [2.24, 2.45) is 11.8 Å². The molecule has 1 rings (SSSR count). The summed E-state index contributed by atoms with van der Waals surface area (Å²) in [6, 6.07) is 2.19. The van der Waals surface area contributed by atoms with Crippen LogP contribution in [0.2, 0.25) is 0 Å². The summed E-state index contributed by atoms with van der Waals surface area (Å²) in [6.45, 7) is 4.38. The molecule has 2 heteroatoms. The van der Waals surface area contributed by atoms with E-state index in [-0.39, 0.29) is 0 Å². The molecule has 0 bridgehead atoms. The fraction of sp³-hybridized carbons (Fsp3) is 0.857. The second-order valence-corrected chi connectivity index (χ2v) is 2.76. The SMILES string of the molecule is CC(CC#N)C1CNC1. The lowest BCUT2D eigenvalue weighted by Gasteiger charge is -2.31. The van der Waals surface area contributed by atoms with Crippen LogP contribution in [0.1, 0.15) is 13.3 Å². The van der Waals surface area contributed by atoms with Crippen LogP contribution < -0.4 is 5.32 Å². The Hall–Kier alpha value is -0.550. The van der Waals surface area contributed by atoms with Crippen molar-refractivity contribution < 1.29 is 0 Å². The molecule has 0 aromatic heterocycles. The van der Waals surface area contributed by atoms with Gasteiger partial charge in [-0.2, -0.15) is 5.26 Å². The Labute approximate surface area is 55.9 Å². The van der Waals surface area contributed by atoms with Gasteiger partial charge in [0.1, 0.15) is 0 Å². The Balaban J connectivity index is 2.17. The molecule has 1 heterocycles. The van der Waals surface area contributed by atoms with Crippen molar-refractivity contribution in [1.82, 2.24) is 5.32 Å². The van der Waals surface area contributed by atoms with E-state index in [2.05, 4.69) is 18.3 Å². The minimum absolute atomic E-state index is 0.594. The van der Waals surface area contributed by atoms with Crippen molar-refractivity contribution in [3.63, 3.8) is 0 Å².